The Balaban J connectivity index is 2.31. The van der Waals surface area contributed by atoms with Gasteiger partial charge in [-0.3, -0.25) is 0 Å². The zero-order chi connectivity index (χ0) is 10.8. The standard InChI is InChI=1S/C8H6Cl2N4O/c9-4-2-1-3-5(10)6(4)12-8-14-13-7(11)15-8/h1-3H,(H2,11,13)(H,12,14). The molecule has 7 heteroatoms. The van der Waals surface area contributed by atoms with Crippen LogP contribution in [0.15, 0.2) is 22.6 Å². The molecule has 0 atom stereocenters. The Morgan fingerprint density at radius 2 is 1.87 bits per heavy atom. The molecule has 15 heavy (non-hydrogen) atoms. The Hall–Kier alpha value is -1.46. The summed E-state index contributed by atoms with van der Waals surface area (Å²) >= 11 is 11.8. The van der Waals surface area contributed by atoms with E-state index in [9.17, 15) is 0 Å². The van der Waals surface area contributed by atoms with Crippen molar-refractivity contribution < 1.29 is 4.42 Å². The topological polar surface area (TPSA) is 77.0 Å². The molecular formula is C8H6Cl2N4O. The summed E-state index contributed by atoms with van der Waals surface area (Å²) in [5, 5.41) is 10.8. The maximum atomic E-state index is 5.92. The maximum Gasteiger partial charge on any atom is 0.321 e. The van der Waals surface area contributed by atoms with Gasteiger partial charge in [0.2, 0.25) is 0 Å². The molecule has 2 rings (SSSR count). The summed E-state index contributed by atoms with van der Waals surface area (Å²) in [4.78, 5) is 0. The maximum absolute atomic E-state index is 5.92. The van der Waals surface area contributed by atoms with Crippen molar-refractivity contribution in [2.24, 2.45) is 0 Å². The molecule has 0 fully saturated rings. The Morgan fingerprint density at radius 3 is 2.40 bits per heavy atom. The van der Waals surface area contributed by atoms with E-state index in [-0.39, 0.29) is 12.0 Å². The highest BCUT2D eigenvalue weighted by atomic mass is 35.5. The third-order valence-electron chi connectivity index (χ3n) is 1.64. The van der Waals surface area contributed by atoms with E-state index in [1.165, 1.54) is 0 Å². The van der Waals surface area contributed by atoms with Gasteiger partial charge < -0.3 is 15.5 Å². The SMILES string of the molecule is Nc1nnc(Nc2c(Cl)cccc2Cl)o1. The van der Waals surface area contributed by atoms with Crippen molar-refractivity contribution in [1.29, 1.82) is 0 Å². The first-order chi connectivity index (χ1) is 7.16. The molecule has 2 aromatic rings. The number of nitrogens with two attached hydrogens (primary N) is 1. The monoisotopic (exact) mass is 244 g/mol. The number of nitrogen functional groups attached to an aromatic ring is 1. The van der Waals surface area contributed by atoms with Gasteiger partial charge in [0.1, 0.15) is 0 Å². The molecule has 78 valence electrons. The van der Waals surface area contributed by atoms with Gasteiger partial charge in [-0.2, -0.15) is 0 Å². The average Bonchev–Trinajstić information content (AvgIpc) is 2.58. The largest absolute Gasteiger partial charge is 0.389 e. The molecule has 0 aliphatic heterocycles. The van der Waals surface area contributed by atoms with Crippen molar-refractivity contribution in [2.75, 3.05) is 11.1 Å². The molecule has 1 aromatic carbocycles. The van der Waals surface area contributed by atoms with E-state index in [0.717, 1.165) is 0 Å². The predicted octanol–water partition coefficient (Wildman–Crippen LogP) is 2.70. The lowest BCUT2D eigenvalue weighted by atomic mass is 10.3. The van der Waals surface area contributed by atoms with Crippen LogP contribution < -0.4 is 11.1 Å². The summed E-state index contributed by atoms with van der Waals surface area (Å²) in [6.07, 6.45) is 0. The van der Waals surface area contributed by atoms with Gasteiger partial charge in [0.15, 0.2) is 0 Å². The molecular weight excluding hydrogens is 239 g/mol. The molecule has 0 spiro atoms. The van der Waals surface area contributed by atoms with E-state index in [4.69, 9.17) is 33.4 Å². The van der Waals surface area contributed by atoms with Crippen LogP contribution in [0.2, 0.25) is 10.0 Å². The van der Waals surface area contributed by atoms with E-state index < -0.39 is 0 Å². The van der Waals surface area contributed by atoms with E-state index in [2.05, 4.69) is 15.5 Å². The molecule has 0 amide bonds. The highest BCUT2D eigenvalue weighted by molar-refractivity contribution is 6.39. The van der Waals surface area contributed by atoms with Crippen molar-refractivity contribution in [3.8, 4) is 0 Å². The lowest BCUT2D eigenvalue weighted by molar-refractivity contribution is 0.593. The number of hydrogen-bond acceptors (Lipinski definition) is 5. The Bertz CT molecular complexity index is 465. The second-order valence-corrected chi connectivity index (χ2v) is 3.48. The second-order valence-electron chi connectivity index (χ2n) is 2.67. The third-order valence-corrected chi connectivity index (χ3v) is 2.27. The molecule has 0 saturated carbocycles. The van der Waals surface area contributed by atoms with Crippen LogP contribution in [0.4, 0.5) is 17.7 Å². The van der Waals surface area contributed by atoms with Gasteiger partial charge in [-0.15, -0.1) is 0 Å². The van der Waals surface area contributed by atoms with Crippen LogP contribution in [0.25, 0.3) is 0 Å². The fraction of sp³-hybridized carbons (Fsp3) is 0. The van der Waals surface area contributed by atoms with Crippen LogP contribution in [0.3, 0.4) is 0 Å². The summed E-state index contributed by atoms with van der Waals surface area (Å²) in [7, 11) is 0. The Morgan fingerprint density at radius 1 is 1.20 bits per heavy atom. The molecule has 0 bridgehead atoms. The summed E-state index contributed by atoms with van der Waals surface area (Å²) in [5.41, 5.74) is 5.77. The second kappa shape index (κ2) is 3.96. The number of aromatic nitrogens is 2. The molecule has 1 aromatic heterocycles. The molecule has 0 aliphatic carbocycles. The fourth-order valence-corrected chi connectivity index (χ4v) is 1.50. The van der Waals surface area contributed by atoms with Crippen molar-refractivity contribution in [1.82, 2.24) is 10.2 Å². The molecule has 0 aliphatic rings. The van der Waals surface area contributed by atoms with Crippen molar-refractivity contribution in [2.45, 2.75) is 0 Å². The van der Waals surface area contributed by atoms with Gasteiger partial charge in [0, 0.05) is 0 Å². The molecule has 3 N–H and O–H groups in total. The first-order valence-electron chi connectivity index (χ1n) is 3.97. The van der Waals surface area contributed by atoms with Crippen LogP contribution in [0.5, 0.6) is 0 Å². The van der Waals surface area contributed by atoms with Crippen LogP contribution in [0.1, 0.15) is 0 Å². The number of nitrogens with zero attached hydrogens (tertiary/aromatic N) is 2. The molecule has 5 nitrogen and oxygen atoms in total. The lowest BCUT2D eigenvalue weighted by Gasteiger charge is -2.05. The normalized spacial score (nSPS) is 10.3. The molecule has 0 radical (unpaired) electrons. The number of halogens is 2. The first kappa shape index (κ1) is 10.1. The first-order valence-corrected chi connectivity index (χ1v) is 4.72. The van der Waals surface area contributed by atoms with Crippen LogP contribution in [-0.4, -0.2) is 10.2 Å². The van der Waals surface area contributed by atoms with Gasteiger partial charge >= 0.3 is 12.0 Å². The van der Waals surface area contributed by atoms with Gasteiger partial charge in [-0.1, -0.05) is 39.5 Å². The smallest absolute Gasteiger partial charge is 0.321 e. The summed E-state index contributed by atoms with van der Waals surface area (Å²) in [6, 6.07) is 5.23. The van der Waals surface area contributed by atoms with Crippen LogP contribution >= 0.6 is 23.2 Å². The van der Waals surface area contributed by atoms with Gasteiger partial charge in [-0.05, 0) is 12.1 Å². The summed E-state index contributed by atoms with van der Waals surface area (Å²) in [5.74, 6) is 0. The highest BCUT2D eigenvalue weighted by Gasteiger charge is 2.09. The number of anilines is 3. The van der Waals surface area contributed by atoms with Gasteiger partial charge in [-0.25, -0.2) is 0 Å². The Labute approximate surface area is 95.2 Å². The minimum Gasteiger partial charge on any atom is -0.389 e. The molecule has 1 heterocycles. The minimum atomic E-state index is -0.0272. The zero-order valence-corrected chi connectivity index (χ0v) is 8.88. The number of nitrogens with one attached hydrogen (secondary N) is 1. The van der Waals surface area contributed by atoms with Gasteiger partial charge in [0.25, 0.3) is 0 Å². The lowest BCUT2D eigenvalue weighted by Crippen LogP contribution is -1.92. The number of para-hydroxylation sites is 1. The molecule has 0 saturated heterocycles. The summed E-state index contributed by atoms with van der Waals surface area (Å²) < 4.78 is 4.92. The zero-order valence-electron chi connectivity index (χ0n) is 7.37. The van der Waals surface area contributed by atoms with Crippen molar-refractivity contribution in [3.05, 3.63) is 28.2 Å². The molecule has 0 unspecified atom stereocenters. The number of rotatable bonds is 2. The fourth-order valence-electron chi connectivity index (χ4n) is 1.01. The quantitative estimate of drug-likeness (QED) is 0.850. The van der Waals surface area contributed by atoms with E-state index >= 15 is 0 Å². The van der Waals surface area contributed by atoms with E-state index in [0.29, 0.717) is 15.7 Å². The average molecular weight is 245 g/mol. The van der Waals surface area contributed by atoms with Crippen molar-refractivity contribution >= 4 is 40.9 Å². The number of benzene rings is 1. The minimum absolute atomic E-state index is 0.0272. The number of hydrogen-bond donors (Lipinski definition) is 2. The van der Waals surface area contributed by atoms with Crippen molar-refractivity contribution in [3.63, 3.8) is 0 Å². The Kier molecular flexibility index (Phi) is 2.66. The van der Waals surface area contributed by atoms with Crippen LogP contribution in [-0.2, 0) is 0 Å². The van der Waals surface area contributed by atoms with Crippen LogP contribution in [0, 0.1) is 0 Å². The summed E-state index contributed by atoms with van der Waals surface area (Å²) in [6.45, 7) is 0. The van der Waals surface area contributed by atoms with E-state index in [1.807, 2.05) is 0 Å². The predicted molar refractivity (Wildman–Crippen MR) is 58.5 cm³/mol. The third kappa shape index (κ3) is 2.14. The highest BCUT2D eigenvalue weighted by Crippen LogP contribution is 2.32. The van der Waals surface area contributed by atoms with Gasteiger partial charge in [0.05, 0.1) is 15.7 Å². The van der Waals surface area contributed by atoms with E-state index in [1.54, 1.807) is 18.2 Å².